The zero-order valence-corrected chi connectivity index (χ0v) is 14.4. The van der Waals surface area contributed by atoms with Crippen LogP contribution >= 0.6 is 0 Å². The number of hydrogen-bond donors (Lipinski definition) is 2. The molecule has 0 unspecified atom stereocenters. The van der Waals surface area contributed by atoms with Crippen molar-refractivity contribution in [3.63, 3.8) is 0 Å². The summed E-state index contributed by atoms with van der Waals surface area (Å²) in [6.07, 6.45) is 1.96. The van der Waals surface area contributed by atoms with Crippen molar-refractivity contribution < 1.29 is 9.18 Å². The molecule has 0 aromatic heterocycles. The molecule has 1 atom stereocenters. The Kier molecular flexibility index (Phi) is 5.49. The second kappa shape index (κ2) is 7.98. The molecular formula is C20H21FN4O. The summed E-state index contributed by atoms with van der Waals surface area (Å²) in [5, 5.41) is 12.3. The number of anilines is 1. The highest BCUT2D eigenvalue weighted by atomic mass is 19.1. The summed E-state index contributed by atoms with van der Waals surface area (Å²) in [6.45, 7) is 2.10. The van der Waals surface area contributed by atoms with Gasteiger partial charge in [0.15, 0.2) is 0 Å². The lowest BCUT2D eigenvalue weighted by Gasteiger charge is -2.35. The van der Waals surface area contributed by atoms with Crippen molar-refractivity contribution in [2.75, 3.05) is 18.0 Å². The van der Waals surface area contributed by atoms with Gasteiger partial charge in [-0.1, -0.05) is 12.1 Å². The summed E-state index contributed by atoms with van der Waals surface area (Å²) in [5.41, 5.74) is 7.66. The molecular weight excluding hydrogens is 331 g/mol. The molecule has 0 aliphatic carbocycles. The van der Waals surface area contributed by atoms with Gasteiger partial charge in [-0.15, -0.1) is 0 Å². The van der Waals surface area contributed by atoms with Crippen molar-refractivity contribution in [3.05, 3.63) is 65.0 Å². The largest absolute Gasteiger partial charge is 0.368 e. The number of rotatable bonds is 5. The van der Waals surface area contributed by atoms with Crippen LogP contribution in [0, 0.1) is 17.1 Å². The molecule has 2 aromatic carbocycles. The van der Waals surface area contributed by atoms with E-state index in [1.165, 1.54) is 6.07 Å². The molecule has 1 fully saturated rings. The van der Waals surface area contributed by atoms with E-state index >= 15 is 0 Å². The van der Waals surface area contributed by atoms with Gasteiger partial charge in [0.2, 0.25) is 5.91 Å². The highest BCUT2D eigenvalue weighted by Crippen LogP contribution is 2.24. The Balaban J connectivity index is 1.63. The maximum absolute atomic E-state index is 14.3. The molecule has 5 nitrogen and oxygen atoms in total. The number of nitrogens with zero attached hydrogens (tertiary/aromatic N) is 2. The maximum atomic E-state index is 14.3. The van der Waals surface area contributed by atoms with E-state index in [-0.39, 0.29) is 11.9 Å². The normalized spacial score (nSPS) is 16.9. The number of amides is 1. The number of carbonyl (C=O) groups excluding carboxylic acids is 1. The second-order valence-electron chi connectivity index (χ2n) is 6.51. The molecule has 26 heavy (non-hydrogen) atoms. The van der Waals surface area contributed by atoms with E-state index in [4.69, 9.17) is 11.0 Å². The fourth-order valence-electron chi connectivity index (χ4n) is 3.29. The van der Waals surface area contributed by atoms with Crippen LogP contribution in [0.3, 0.4) is 0 Å². The number of nitrogens with one attached hydrogen (secondary N) is 1. The van der Waals surface area contributed by atoms with E-state index in [1.54, 1.807) is 24.3 Å². The molecule has 6 heteroatoms. The van der Waals surface area contributed by atoms with Gasteiger partial charge in [0, 0.05) is 31.2 Å². The molecule has 134 valence electrons. The summed E-state index contributed by atoms with van der Waals surface area (Å²) in [7, 11) is 0. The molecule has 2 aromatic rings. The van der Waals surface area contributed by atoms with Crippen LogP contribution < -0.4 is 16.0 Å². The van der Waals surface area contributed by atoms with Crippen LogP contribution in [0.25, 0.3) is 0 Å². The molecule has 1 saturated heterocycles. The van der Waals surface area contributed by atoms with Gasteiger partial charge in [0.1, 0.15) is 5.82 Å². The van der Waals surface area contributed by atoms with E-state index in [1.807, 2.05) is 23.1 Å². The number of benzene rings is 2. The Morgan fingerprint density at radius 2 is 2.19 bits per heavy atom. The van der Waals surface area contributed by atoms with Crippen LogP contribution in [0.1, 0.15) is 34.3 Å². The molecule has 1 amide bonds. The predicted octanol–water partition coefficient (Wildman–Crippen LogP) is 2.55. The zero-order chi connectivity index (χ0) is 18.5. The molecule has 0 radical (unpaired) electrons. The van der Waals surface area contributed by atoms with Crippen molar-refractivity contribution in [1.29, 1.82) is 5.26 Å². The monoisotopic (exact) mass is 352 g/mol. The van der Waals surface area contributed by atoms with Gasteiger partial charge in [0.05, 0.1) is 17.3 Å². The van der Waals surface area contributed by atoms with Crippen molar-refractivity contribution in [1.82, 2.24) is 5.32 Å². The van der Waals surface area contributed by atoms with Crippen molar-refractivity contribution in [2.24, 2.45) is 5.73 Å². The third-order valence-electron chi connectivity index (χ3n) is 4.65. The van der Waals surface area contributed by atoms with E-state index in [2.05, 4.69) is 5.32 Å². The van der Waals surface area contributed by atoms with Crippen molar-refractivity contribution >= 4 is 11.6 Å². The van der Waals surface area contributed by atoms with E-state index in [0.29, 0.717) is 29.9 Å². The topological polar surface area (TPSA) is 82.2 Å². The highest BCUT2D eigenvalue weighted by Gasteiger charge is 2.22. The average molecular weight is 352 g/mol. The van der Waals surface area contributed by atoms with E-state index in [9.17, 15) is 9.18 Å². The number of nitrogens with two attached hydrogens (primary N) is 1. The Morgan fingerprint density at radius 3 is 2.92 bits per heavy atom. The SMILES string of the molecule is N#Cc1ccc(N2CCC[C@@H](NCc3cccc(C(N)=O)c3)C2)c(F)c1. The minimum atomic E-state index is -0.438. The number of piperidine rings is 1. The smallest absolute Gasteiger partial charge is 0.248 e. The lowest BCUT2D eigenvalue weighted by atomic mass is 10.0. The molecule has 3 rings (SSSR count). The minimum absolute atomic E-state index is 0.219. The molecule has 0 spiro atoms. The number of carbonyl (C=O) groups is 1. The first-order valence-corrected chi connectivity index (χ1v) is 8.63. The van der Waals surface area contributed by atoms with Gasteiger partial charge in [0.25, 0.3) is 0 Å². The Labute approximate surface area is 152 Å². The predicted molar refractivity (Wildman–Crippen MR) is 98.1 cm³/mol. The summed E-state index contributed by atoms with van der Waals surface area (Å²) < 4.78 is 14.3. The molecule has 0 bridgehead atoms. The first kappa shape index (κ1) is 17.9. The van der Waals surface area contributed by atoms with Gasteiger partial charge >= 0.3 is 0 Å². The summed E-state index contributed by atoms with van der Waals surface area (Å²) in [4.78, 5) is 13.3. The van der Waals surface area contributed by atoms with Crippen LogP contribution in [-0.2, 0) is 6.54 Å². The number of primary amides is 1. The molecule has 1 aliphatic rings. The van der Waals surface area contributed by atoms with Crippen LogP contribution in [-0.4, -0.2) is 25.0 Å². The minimum Gasteiger partial charge on any atom is -0.368 e. The van der Waals surface area contributed by atoms with E-state index in [0.717, 1.165) is 24.9 Å². The van der Waals surface area contributed by atoms with Gasteiger partial charge in [-0.05, 0) is 48.7 Å². The standard InChI is InChI=1S/C20H21FN4O/c21-18-10-14(11-22)6-7-19(18)25-8-2-5-17(13-25)24-12-15-3-1-4-16(9-15)20(23)26/h1,3-4,6-7,9-10,17,24H,2,5,8,12-13H2,(H2,23,26)/t17-/m1/s1. The summed E-state index contributed by atoms with van der Waals surface area (Å²) in [5.74, 6) is -0.800. The van der Waals surface area contributed by atoms with Gasteiger partial charge in [-0.25, -0.2) is 4.39 Å². The van der Waals surface area contributed by atoms with Gasteiger partial charge in [-0.2, -0.15) is 5.26 Å². The molecule has 1 aliphatic heterocycles. The quantitative estimate of drug-likeness (QED) is 0.866. The highest BCUT2D eigenvalue weighted by molar-refractivity contribution is 5.92. The summed E-state index contributed by atoms with van der Waals surface area (Å²) >= 11 is 0. The lowest BCUT2D eigenvalue weighted by Crippen LogP contribution is -2.45. The second-order valence-corrected chi connectivity index (χ2v) is 6.51. The van der Waals surface area contributed by atoms with Crippen LogP contribution in [0.15, 0.2) is 42.5 Å². The van der Waals surface area contributed by atoms with Crippen molar-refractivity contribution in [2.45, 2.75) is 25.4 Å². The zero-order valence-electron chi connectivity index (χ0n) is 14.4. The van der Waals surface area contributed by atoms with E-state index < -0.39 is 5.91 Å². The Hall–Kier alpha value is -2.91. The van der Waals surface area contributed by atoms with Crippen molar-refractivity contribution in [3.8, 4) is 6.07 Å². The molecule has 3 N–H and O–H groups in total. The fraction of sp³-hybridized carbons (Fsp3) is 0.300. The van der Waals surface area contributed by atoms with Gasteiger partial charge in [-0.3, -0.25) is 4.79 Å². The summed E-state index contributed by atoms with van der Waals surface area (Å²) in [6, 6.07) is 14.0. The lowest BCUT2D eigenvalue weighted by molar-refractivity contribution is 0.1000. The Bertz CT molecular complexity index is 846. The maximum Gasteiger partial charge on any atom is 0.248 e. The number of halogens is 1. The van der Waals surface area contributed by atoms with Crippen LogP contribution in [0.4, 0.5) is 10.1 Å². The third kappa shape index (κ3) is 4.19. The number of hydrogen-bond acceptors (Lipinski definition) is 4. The average Bonchev–Trinajstić information content (AvgIpc) is 2.66. The Morgan fingerprint density at radius 1 is 1.35 bits per heavy atom. The molecule has 0 saturated carbocycles. The van der Waals surface area contributed by atoms with Gasteiger partial charge < -0.3 is 16.0 Å². The number of nitriles is 1. The molecule has 1 heterocycles. The van der Waals surface area contributed by atoms with Crippen LogP contribution in [0.2, 0.25) is 0 Å². The third-order valence-corrected chi connectivity index (χ3v) is 4.65. The fourth-order valence-corrected chi connectivity index (χ4v) is 3.29. The first-order valence-electron chi connectivity index (χ1n) is 8.63. The first-order chi connectivity index (χ1) is 12.6. The van der Waals surface area contributed by atoms with Crippen LogP contribution in [0.5, 0.6) is 0 Å².